The molecule has 3 N–H and O–H groups in total. The second-order valence-corrected chi connectivity index (χ2v) is 4.89. The van der Waals surface area contributed by atoms with E-state index in [1.54, 1.807) is 12.3 Å². The van der Waals surface area contributed by atoms with Crippen molar-refractivity contribution in [3.8, 4) is 0 Å². The molecule has 5 nitrogen and oxygen atoms in total. The summed E-state index contributed by atoms with van der Waals surface area (Å²) in [5.74, 6) is 0.335. The van der Waals surface area contributed by atoms with Crippen molar-refractivity contribution in [2.45, 2.75) is 40.2 Å². The van der Waals surface area contributed by atoms with Crippen LogP contribution in [-0.4, -0.2) is 17.0 Å². The molecular formula is C14H23N3O2. The van der Waals surface area contributed by atoms with E-state index in [1.165, 1.54) is 4.57 Å². The lowest BCUT2D eigenvalue weighted by Crippen LogP contribution is -2.35. The van der Waals surface area contributed by atoms with Crippen molar-refractivity contribution in [2.75, 3.05) is 12.3 Å². The van der Waals surface area contributed by atoms with Gasteiger partial charge in [0.15, 0.2) is 0 Å². The molecule has 1 amide bonds. The zero-order chi connectivity index (χ0) is 14.4. The van der Waals surface area contributed by atoms with Gasteiger partial charge in [-0.25, -0.2) is 0 Å². The molecule has 0 aliphatic rings. The highest BCUT2D eigenvalue weighted by Gasteiger charge is 2.09. The molecule has 0 aliphatic carbocycles. The minimum Gasteiger partial charge on any atom is -0.394 e. The molecule has 0 fully saturated rings. The third-order valence-electron chi connectivity index (χ3n) is 3.31. The monoisotopic (exact) mass is 265 g/mol. The average Bonchev–Trinajstić information content (AvgIpc) is 2.36. The number of aryl methyl sites for hydroxylation is 1. The Morgan fingerprint density at radius 1 is 1.42 bits per heavy atom. The molecule has 1 rings (SSSR count). The number of carbonyl (C=O) groups excluding carboxylic acids is 1. The number of nitrogens with zero attached hydrogens (tertiary/aromatic N) is 1. The fourth-order valence-corrected chi connectivity index (χ4v) is 1.98. The summed E-state index contributed by atoms with van der Waals surface area (Å²) in [6, 6.07) is 1.61. The molecule has 0 unspecified atom stereocenters. The number of rotatable bonds is 6. The first-order valence-electron chi connectivity index (χ1n) is 6.71. The molecule has 0 saturated carbocycles. The maximum Gasteiger partial charge on any atom is 0.274 e. The molecule has 0 bridgehead atoms. The van der Waals surface area contributed by atoms with Gasteiger partial charge in [-0.3, -0.25) is 9.59 Å². The minimum atomic E-state index is -0.316. The zero-order valence-electron chi connectivity index (χ0n) is 11.9. The predicted molar refractivity (Wildman–Crippen MR) is 76.9 cm³/mol. The van der Waals surface area contributed by atoms with Crippen LogP contribution in [0.2, 0.25) is 0 Å². The van der Waals surface area contributed by atoms with Crippen LogP contribution in [0.5, 0.6) is 0 Å². The van der Waals surface area contributed by atoms with Gasteiger partial charge < -0.3 is 15.6 Å². The van der Waals surface area contributed by atoms with Crippen molar-refractivity contribution < 1.29 is 4.79 Å². The van der Waals surface area contributed by atoms with Gasteiger partial charge in [0.05, 0.1) is 5.69 Å². The van der Waals surface area contributed by atoms with Crippen LogP contribution in [-0.2, 0) is 11.3 Å². The summed E-state index contributed by atoms with van der Waals surface area (Å²) >= 11 is 0. The smallest absolute Gasteiger partial charge is 0.274 e. The Morgan fingerprint density at radius 3 is 2.63 bits per heavy atom. The van der Waals surface area contributed by atoms with Gasteiger partial charge in [0.1, 0.15) is 6.54 Å². The summed E-state index contributed by atoms with van der Waals surface area (Å²) in [6.45, 7) is 6.72. The highest BCUT2D eigenvalue weighted by Crippen LogP contribution is 2.05. The second kappa shape index (κ2) is 6.97. The van der Waals surface area contributed by atoms with Crippen LogP contribution in [0.4, 0.5) is 5.69 Å². The van der Waals surface area contributed by atoms with Gasteiger partial charge in [0, 0.05) is 12.7 Å². The molecule has 0 saturated heterocycles. The molecule has 1 aromatic rings. The van der Waals surface area contributed by atoms with Crippen molar-refractivity contribution in [2.24, 2.45) is 5.92 Å². The van der Waals surface area contributed by atoms with Gasteiger partial charge >= 0.3 is 0 Å². The molecule has 106 valence electrons. The van der Waals surface area contributed by atoms with Crippen LogP contribution in [0.3, 0.4) is 0 Å². The Labute approximate surface area is 113 Å². The van der Waals surface area contributed by atoms with Crippen LogP contribution < -0.4 is 16.6 Å². The van der Waals surface area contributed by atoms with E-state index in [9.17, 15) is 9.59 Å². The van der Waals surface area contributed by atoms with E-state index in [0.29, 0.717) is 12.5 Å². The summed E-state index contributed by atoms with van der Waals surface area (Å²) in [4.78, 5) is 23.6. The summed E-state index contributed by atoms with van der Waals surface area (Å²) in [6.07, 6.45) is 3.72. The molecule has 1 heterocycles. The summed E-state index contributed by atoms with van der Waals surface area (Å²) in [7, 11) is 0. The first-order chi connectivity index (χ1) is 8.97. The van der Waals surface area contributed by atoms with Crippen LogP contribution in [0.1, 0.15) is 32.3 Å². The van der Waals surface area contributed by atoms with Crippen LogP contribution in [0.25, 0.3) is 0 Å². The number of nitrogens with one attached hydrogen (secondary N) is 1. The Morgan fingerprint density at radius 2 is 2.05 bits per heavy atom. The fraction of sp³-hybridized carbons (Fsp3) is 0.571. The number of hydrogen-bond acceptors (Lipinski definition) is 3. The van der Waals surface area contributed by atoms with E-state index in [2.05, 4.69) is 19.2 Å². The van der Waals surface area contributed by atoms with E-state index in [1.807, 2.05) is 6.92 Å². The number of nitrogen functional groups attached to an aromatic ring is 1. The normalized spacial score (nSPS) is 10.7. The molecule has 1 aromatic heterocycles. The van der Waals surface area contributed by atoms with Gasteiger partial charge in [-0.05, 0) is 24.5 Å². The molecule has 5 heteroatoms. The number of amides is 1. The first kappa shape index (κ1) is 15.3. The van der Waals surface area contributed by atoms with Crippen molar-refractivity contribution in [3.63, 3.8) is 0 Å². The largest absolute Gasteiger partial charge is 0.394 e. The third kappa shape index (κ3) is 4.43. The van der Waals surface area contributed by atoms with Gasteiger partial charge in [-0.2, -0.15) is 0 Å². The molecule has 0 spiro atoms. The van der Waals surface area contributed by atoms with E-state index in [-0.39, 0.29) is 23.7 Å². The lowest BCUT2D eigenvalue weighted by molar-refractivity contribution is -0.121. The quantitative estimate of drug-likeness (QED) is 0.813. The van der Waals surface area contributed by atoms with Gasteiger partial charge in [-0.1, -0.05) is 26.7 Å². The Balaban J connectivity index is 2.65. The number of hydrogen-bond donors (Lipinski definition) is 2. The first-order valence-corrected chi connectivity index (χ1v) is 6.71. The number of nitrogens with two attached hydrogens (primary N) is 1. The molecule has 0 aromatic carbocycles. The highest BCUT2D eigenvalue weighted by atomic mass is 16.2. The van der Waals surface area contributed by atoms with Crippen molar-refractivity contribution in [1.82, 2.24) is 9.88 Å². The Bertz CT molecular complexity index is 490. The summed E-state index contributed by atoms with van der Waals surface area (Å²) in [5, 5.41) is 2.86. The molecule has 0 atom stereocenters. The van der Waals surface area contributed by atoms with Crippen molar-refractivity contribution >= 4 is 11.6 Å². The molecule has 0 aliphatic heterocycles. The van der Waals surface area contributed by atoms with Crippen molar-refractivity contribution in [1.29, 1.82) is 0 Å². The predicted octanol–water partition coefficient (Wildman–Crippen LogP) is 1.29. The number of pyridine rings is 1. The van der Waals surface area contributed by atoms with Crippen LogP contribution in [0.15, 0.2) is 17.1 Å². The minimum absolute atomic E-state index is 0.0187. The van der Waals surface area contributed by atoms with Gasteiger partial charge in [0.2, 0.25) is 5.91 Å². The van der Waals surface area contributed by atoms with Gasteiger partial charge in [-0.15, -0.1) is 0 Å². The second-order valence-electron chi connectivity index (χ2n) is 4.89. The van der Waals surface area contributed by atoms with E-state index < -0.39 is 0 Å². The molecule has 0 radical (unpaired) electrons. The SMILES string of the molecule is CCC(CC)CNC(=O)Cn1cc(C)cc(N)c1=O. The number of anilines is 1. The van der Waals surface area contributed by atoms with Crippen molar-refractivity contribution in [3.05, 3.63) is 28.2 Å². The maximum atomic E-state index is 11.8. The van der Waals surface area contributed by atoms with E-state index in [4.69, 9.17) is 5.73 Å². The molecular weight excluding hydrogens is 242 g/mol. The maximum absolute atomic E-state index is 11.8. The highest BCUT2D eigenvalue weighted by molar-refractivity contribution is 5.75. The van der Waals surface area contributed by atoms with Crippen LogP contribution >= 0.6 is 0 Å². The third-order valence-corrected chi connectivity index (χ3v) is 3.31. The summed E-state index contributed by atoms with van der Waals surface area (Å²) in [5.41, 5.74) is 6.32. The lowest BCUT2D eigenvalue weighted by atomic mass is 10.0. The summed E-state index contributed by atoms with van der Waals surface area (Å²) < 4.78 is 1.35. The topological polar surface area (TPSA) is 77.1 Å². The van der Waals surface area contributed by atoms with Crippen LogP contribution in [0, 0.1) is 12.8 Å². The lowest BCUT2D eigenvalue weighted by Gasteiger charge is -2.14. The number of aromatic nitrogens is 1. The fourth-order valence-electron chi connectivity index (χ4n) is 1.98. The zero-order valence-corrected chi connectivity index (χ0v) is 11.9. The number of carbonyl (C=O) groups is 1. The van der Waals surface area contributed by atoms with E-state index in [0.717, 1.165) is 18.4 Å². The standard InChI is InChI=1S/C14H23N3O2/c1-4-11(5-2)7-16-13(18)9-17-8-10(3)6-12(15)14(17)19/h6,8,11H,4-5,7,9,15H2,1-3H3,(H,16,18). The average molecular weight is 265 g/mol. The Hall–Kier alpha value is -1.78. The molecule has 19 heavy (non-hydrogen) atoms. The van der Waals surface area contributed by atoms with E-state index >= 15 is 0 Å². The Kier molecular flexibility index (Phi) is 5.60. The van der Waals surface area contributed by atoms with Gasteiger partial charge in [0.25, 0.3) is 5.56 Å².